The van der Waals surface area contributed by atoms with E-state index in [-0.39, 0.29) is 0 Å². The minimum absolute atomic E-state index is 0.414. The molecule has 1 saturated heterocycles. The molecular formula is C21H20N4O. The molecule has 0 N–H and O–H groups in total. The van der Waals surface area contributed by atoms with E-state index in [0.29, 0.717) is 18.1 Å². The topological polar surface area (TPSA) is 62.0 Å². The first kappa shape index (κ1) is 16.3. The van der Waals surface area contributed by atoms with Gasteiger partial charge in [0.15, 0.2) is 0 Å². The van der Waals surface area contributed by atoms with E-state index in [1.807, 2.05) is 42.5 Å². The smallest absolute Gasteiger partial charge is 0.147 e. The molecule has 4 rings (SSSR count). The molecule has 1 unspecified atom stereocenters. The van der Waals surface area contributed by atoms with Crippen LogP contribution in [0.3, 0.4) is 0 Å². The van der Waals surface area contributed by atoms with Crippen LogP contribution in [0, 0.1) is 17.2 Å². The molecule has 0 spiro atoms. The van der Waals surface area contributed by atoms with Crippen molar-refractivity contribution in [1.82, 2.24) is 9.97 Å². The lowest BCUT2D eigenvalue weighted by atomic mass is 9.98. The molecule has 3 heterocycles. The van der Waals surface area contributed by atoms with Gasteiger partial charge in [0.05, 0.1) is 17.7 Å². The first-order valence-corrected chi connectivity index (χ1v) is 8.91. The Morgan fingerprint density at radius 1 is 1.19 bits per heavy atom. The van der Waals surface area contributed by atoms with E-state index in [1.54, 1.807) is 12.4 Å². The van der Waals surface area contributed by atoms with Crippen LogP contribution in [0.2, 0.25) is 0 Å². The lowest BCUT2D eigenvalue weighted by molar-refractivity contribution is 0.228. The third-order valence-electron chi connectivity index (χ3n) is 4.78. The molecule has 0 bridgehead atoms. The first-order valence-electron chi connectivity index (χ1n) is 8.91. The molecule has 3 aromatic rings. The van der Waals surface area contributed by atoms with E-state index in [1.165, 1.54) is 0 Å². The van der Waals surface area contributed by atoms with Crippen LogP contribution in [0.5, 0.6) is 5.75 Å². The van der Waals surface area contributed by atoms with Gasteiger partial charge in [-0.15, -0.1) is 0 Å². The summed E-state index contributed by atoms with van der Waals surface area (Å²) in [5.41, 5.74) is 1.57. The summed E-state index contributed by atoms with van der Waals surface area (Å²) in [6.45, 7) is 2.44. The minimum Gasteiger partial charge on any atom is -0.493 e. The van der Waals surface area contributed by atoms with Crippen molar-refractivity contribution in [2.45, 2.75) is 12.8 Å². The van der Waals surface area contributed by atoms with Crippen molar-refractivity contribution in [1.29, 1.82) is 5.26 Å². The molecule has 0 radical (unpaired) electrons. The number of rotatable bonds is 4. The third kappa shape index (κ3) is 3.45. The zero-order valence-electron chi connectivity index (χ0n) is 14.5. The number of fused-ring (bicyclic) bond motifs is 1. The fourth-order valence-electron chi connectivity index (χ4n) is 3.47. The number of benzene rings is 1. The van der Waals surface area contributed by atoms with Gasteiger partial charge in [-0.25, -0.2) is 4.98 Å². The third-order valence-corrected chi connectivity index (χ3v) is 4.78. The Kier molecular flexibility index (Phi) is 4.65. The molecule has 1 fully saturated rings. The van der Waals surface area contributed by atoms with Crippen LogP contribution in [0.1, 0.15) is 18.4 Å². The summed E-state index contributed by atoms with van der Waals surface area (Å²) in [4.78, 5) is 11.0. The number of pyridine rings is 2. The molecule has 1 aromatic carbocycles. The van der Waals surface area contributed by atoms with Gasteiger partial charge in [0.25, 0.3) is 0 Å². The SMILES string of the molecule is N#Cc1cc2ccccc2nc1N1CCCC(COc2ccncc2)C1. The average Bonchev–Trinajstić information content (AvgIpc) is 2.72. The maximum atomic E-state index is 9.58. The number of aromatic nitrogens is 2. The van der Waals surface area contributed by atoms with Gasteiger partial charge in [-0.2, -0.15) is 5.26 Å². The minimum atomic E-state index is 0.414. The van der Waals surface area contributed by atoms with Crippen LogP contribution in [-0.4, -0.2) is 29.7 Å². The highest BCUT2D eigenvalue weighted by Gasteiger charge is 2.24. The number of ether oxygens (including phenoxy) is 1. The van der Waals surface area contributed by atoms with Gasteiger partial charge >= 0.3 is 0 Å². The van der Waals surface area contributed by atoms with E-state index >= 15 is 0 Å². The van der Waals surface area contributed by atoms with Crippen LogP contribution in [0.25, 0.3) is 10.9 Å². The summed E-state index contributed by atoms with van der Waals surface area (Å²) in [5, 5.41) is 10.6. The van der Waals surface area contributed by atoms with Gasteiger partial charge in [0.1, 0.15) is 17.6 Å². The van der Waals surface area contributed by atoms with Crippen LogP contribution >= 0.6 is 0 Å². The highest BCUT2D eigenvalue weighted by atomic mass is 16.5. The molecular weight excluding hydrogens is 324 g/mol. The highest BCUT2D eigenvalue weighted by Crippen LogP contribution is 2.27. The van der Waals surface area contributed by atoms with E-state index in [2.05, 4.69) is 16.0 Å². The molecule has 1 aliphatic heterocycles. The lowest BCUT2D eigenvalue weighted by Gasteiger charge is -2.34. The number of para-hydroxylation sites is 1. The van der Waals surface area contributed by atoms with Crippen molar-refractivity contribution < 1.29 is 4.74 Å². The second-order valence-electron chi connectivity index (χ2n) is 6.61. The van der Waals surface area contributed by atoms with Gasteiger partial charge in [0, 0.05) is 36.8 Å². The summed E-state index contributed by atoms with van der Waals surface area (Å²) in [5.74, 6) is 2.05. The standard InChI is InChI=1S/C21H20N4O/c22-13-18-12-17-5-1-2-6-20(17)24-21(18)25-11-3-4-16(14-25)15-26-19-7-9-23-10-8-19/h1-2,5-10,12,16H,3-4,11,14-15H2. The first-order chi connectivity index (χ1) is 12.8. The molecule has 1 atom stereocenters. The molecule has 5 heteroatoms. The number of hydrogen-bond acceptors (Lipinski definition) is 5. The number of anilines is 1. The van der Waals surface area contributed by atoms with Crippen molar-refractivity contribution in [3.05, 3.63) is 60.4 Å². The Bertz CT molecular complexity index is 936. The zero-order valence-corrected chi connectivity index (χ0v) is 14.5. The fraction of sp³-hybridized carbons (Fsp3) is 0.286. The van der Waals surface area contributed by atoms with E-state index in [4.69, 9.17) is 9.72 Å². The van der Waals surface area contributed by atoms with Crippen molar-refractivity contribution in [2.24, 2.45) is 5.92 Å². The van der Waals surface area contributed by atoms with Gasteiger partial charge in [0.2, 0.25) is 0 Å². The second kappa shape index (κ2) is 7.40. The lowest BCUT2D eigenvalue weighted by Crippen LogP contribution is -2.38. The van der Waals surface area contributed by atoms with E-state index in [9.17, 15) is 5.26 Å². The Labute approximate surface area is 152 Å². The Balaban J connectivity index is 1.52. The summed E-state index contributed by atoms with van der Waals surface area (Å²) in [7, 11) is 0. The Morgan fingerprint density at radius 2 is 2.04 bits per heavy atom. The van der Waals surface area contributed by atoms with Crippen LogP contribution in [0.4, 0.5) is 5.82 Å². The maximum absolute atomic E-state index is 9.58. The summed E-state index contributed by atoms with van der Waals surface area (Å²) in [6.07, 6.45) is 5.67. The largest absolute Gasteiger partial charge is 0.493 e. The summed E-state index contributed by atoms with van der Waals surface area (Å²) >= 11 is 0. The normalized spacial score (nSPS) is 17.0. The molecule has 130 valence electrons. The van der Waals surface area contributed by atoms with Gasteiger partial charge in [-0.1, -0.05) is 18.2 Å². The van der Waals surface area contributed by atoms with Crippen LogP contribution in [0.15, 0.2) is 54.9 Å². The Hall–Kier alpha value is -3.13. The molecule has 0 saturated carbocycles. The van der Waals surface area contributed by atoms with Gasteiger partial charge in [-0.3, -0.25) is 4.98 Å². The predicted octanol–water partition coefficient (Wildman–Crippen LogP) is 3.80. The highest BCUT2D eigenvalue weighted by molar-refractivity contribution is 5.83. The van der Waals surface area contributed by atoms with Crippen LogP contribution in [-0.2, 0) is 0 Å². The molecule has 0 amide bonds. The van der Waals surface area contributed by atoms with Crippen molar-refractivity contribution in [3.8, 4) is 11.8 Å². The van der Waals surface area contributed by atoms with Crippen molar-refractivity contribution in [3.63, 3.8) is 0 Å². The predicted molar refractivity (Wildman–Crippen MR) is 101 cm³/mol. The number of piperidine rings is 1. The maximum Gasteiger partial charge on any atom is 0.147 e. The second-order valence-corrected chi connectivity index (χ2v) is 6.61. The Morgan fingerprint density at radius 3 is 2.88 bits per heavy atom. The number of nitrogens with zero attached hydrogens (tertiary/aromatic N) is 4. The molecule has 5 nitrogen and oxygen atoms in total. The zero-order chi connectivity index (χ0) is 17.8. The molecule has 26 heavy (non-hydrogen) atoms. The summed E-state index contributed by atoms with van der Waals surface area (Å²) in [6, 6.07) is 15.9. The molecule has 1 aliphatic rings. The number of hydrogen-bond donors (Lipinski definition) is 0. The average molecular weight is 344 g/mol. The van der Waals surface area contributed by atoms with Crippen LogP contribution < -0.4 is 9.64 Å². The van der Waals surface area contributed by atoms with E-state index < -0.39 is 0 Å². The molecule has 2 aromatic heterocycles. The summed E-state index contributed by atoms with van der Waals surface area (Å²) < 4.78 is 5.90. The quantitative estimate of drug-likeness (QED) is 0.720. The van der Waals surface area contributed by atoms with Gasteiger partial charge in [-0.05, 0) is 37.1 Å². The number of nitriles is 1. The van der Waals surface area contributed by atoms with Gasteiger partial charge < -0.3 is 9.64 Å². The molecule has 0 aliphatic carbocycles. The monoisotopic (exact) mass is 344 g/mol. The fourth-order valence-corrected chi connectivity index (χ4v) is 3.47. The van der Waals surface area contributed by atoms with Crippen molar-refractivity contribution >= 4 is 16.7 Å². The van der Waals surface area contributed by atoms with E-state index in [0.717, 1.165) is 48.4 Å². The van der Waals surface area contributed by atoms with Crippen molar-refractivity contribution in [2.75, 3.05) is 24.6 Å².